The molecule has 0 spiro atoms. The van der Waals surface area contributed by atoms with Gasteiger partial charge in [0.25, 0.3) is 0 Å². The van der Waals surface area contributed by atoms with Crippen molar-refractivity contribution in [1.82, 2.24) is 10.6 Å². The van der Waals surface area contributed by atoms with E-state index in [9.17, 15) is 8.42 Å². The number of guanidine groups is 1. The van der Waals surface area contributed by atoms with Crippen LogP contribution in [0.3, 0.4) is 0 Å². The molecule has 1 aliphatic rings. The minimum atomic E-state index is -3.15. The number of sulfone groups is 1. The summed E-state index contributed by atoms with van der Waals surface area (Å²) in [5, 5.41) is 6.90. The minimum Gasteiger partial charge on any atom is -0.356 e. The maximum absolute atomic E-state index is 11.6. The molecule has 1 saturated carbocycles. The van der Waals surface area contributed by atoms with Crippen LogP contribution in [-0.2, 0) is 21.7 Å². The van der Waals surface area contributed by atoms with Gasteiger partial charge in [0.15, 0.2) is 15.8 Å². The van der Waals surface area contributed by atoms with Crippen LogP contribution in [0.2, 0.25) is 0 Å². The SMILES string of the molecule is CN=C(NCCc1ccc(S(C)(=O)=O)cc1)NCC1(c2ccccc2)CCCC1.I. The van der Waals surface area contributed by atoms with E-state index in [2.05, 4.69) is 46.0 Å². The Kier molecular flexibility index (Phi) is 9.15. The molecule has 30 heavy (non-hydrogen) atoms. The van der Waals surface area contributed by atoms with Crippen LogP contribution in [0, 0.1) is 0 Å². The van der Waals surface area contributed by atoms with E-state index in [1.165, 1.54) is 37.5 Å². The third-order valence-corrected chi connectivity index (χ3v) is 6.95. The van der Waals surface area contributed by atoms with Crippen molar-refractivity contribution in [2.45, 2.75) is 42.4 Å². The van der Waals surface area contributed by atoms with Crippen LogP contribution in [0.5, 0.6) is 0 Å². The van der Waals surface area contributed by atoms with E-state index in [1.54, 1.807) is 19.2 Å². The maximum atomic E-state index is 11.6. The van der Waals surface area contributed by atoms with Crippen LogP contribution in [0.4, 0.5) is 0 Å². The van der Waals surface area contributed by atoms with E-state index in [4.69, 9.17) is 0 Å². The highest BCUT2D eigenvalue weighted by atomic mass is 127. The summed E-state index contributed by atoms with van der Waals surface area (Å²) in [4.78, 5) is 4.72. The predicted octanol–water partition coefficient (Wildman–Crippen LogP) is 3.93. The van der Waals surface area contributed by atoms with E-state index in [0.717, 1.165) is 31.0 Å². The summed E-state index contributed by atoms with van der Waals surface area (Å²) >= 11 is 0. The van der Waals surface area contributed by atoms with Crippen molar-refractivity contribution >= 4 is 39.8 Å². The molecule has 0 radical (unpaired) electrons. The van der Waals surface area contributed by atoms with Gasteiger partial charge < -0.3 is 10.6 Å². The highest BCUT2D eigenvalue weighted by Gasteiger charge is 2.35. The molecule has 7 heteroatoms. The van der Waals surface area contributed by atoms with Gasteiger partial charge in [-0.05, 0) is 42.5 Å². The van der Waals surface area contributed by atoms with Gasteiger partial charge in [-0.2, -0.15) is 0 Å². The van der Waals surface area contributed by atoms with Crippen LogP contribution in [0.15, 0.2) is 64.5 Å². The zero-order valence-corrected chi connectivity index (χ0v) is 20.9. The van der Waals surface area contributed by atoms with E-state index in [0.29, 0.717) is 4.90 Å². The highest BCUT2D eigenvalue weighted by Crippen LogP contribution is 2.40. The summed E-state index contributed by atoms with van der Waals surface area (Å²) in [7, 11) is -1.35. The zero-order valence-electron chi connectivity index (χ0n) is 17.7. The molecular weight excluding hydrogens is 509 g/mol. The number of nitrogens with zero attached hydrogens (tertiary/aromatic N) is 1. The van der Waals surface area contributed by atoms with E-state index in [-0.39, 0.29) is 29.4 Å². The topological polar surface area (TPSA) is 70.6 Å². The van der Waals surface area contributed by atoms with Gasteiger partial charge >= 0.3 is 0 Å². The Hall–Kier alpha value is -1.61. The molecule has 0 atom stereocenters. The first-order chi connectivity index (χ1) is 13.9. The van der Waals surface area contributed by atoms with Gasteiger partial charge in [0, 0.05) is 31.8 Å². The molecule has 0 heterocycles. The van der Waals surface area contributed by atoms with Crippen molar-refractivity contribution in [2.24, 2.45) is 4.99 Å². The molecule has 1 aliphatic carbocycles. The largest absolute Gasteiger partial charge is 0.356 e. The molecule has 0 bridgehead atoms. The number of nitrogens with one attached hydrogen (secondary N) is 2. The Bertz CT molecular complexity index is 923. The molecule has 0 saturated heterocycles. The minimum absolute atomic E-state index is 0. The molecule has 2 N–H and O–H groups in total. The molecule has 0 aliphatic heterocycles. The van der Waals surface area contributed by atoms with Crippen molar-refractivity contribution in [3.63, 3.8) is 0 Å². The molecule has 1 fully saturated rings. The average Bonchev–Trinajstić information content (AvgIpc) is 3.21. The lowest BCUT2D eigenvalue weighted by molar-refractivity contribution is 0.432. The molecule has 2 aromatic carbocycles. The molecule has 0 amide bonds. The fraction of sp³-hybridized carbons (Fsp3) is 0.435. The molecule has 0 unspecified atom stereocenters. The Morgan fingerprint density at radius 3 is 2.20 bits per heavy atom. The van der Waals surface area contributed by atoms with Crippen molar-refractivity contribution in [3.8, 4) is 0 Å². The average molecular weight is 541 g/mol. The second-order valence-electron chi connectivity index (χ2n) is 7.87. The standard InChI is InChI=1S/C23H31N3O2S.HI/c1-24-22(25-17-14-19-10-12-21(13-11-19)29(2,27)28)26-18-23(15-6-7-16-23)20-8-4-3-5-9-20;/h3-5,8-13H,6-7,14-18H2,1-2H3,(H2,24,25,26);1H. The molecular formula is C23H32IN3O2S. The summed E-state index contributed by atoms with van der Waals surface area (Å²) in [5.41, 5.74) is 2.68. The fourth-order valence-electron chi connectivity index (χ4n) is 4.11. The monoisotopic (exact) mass is 541 g/mol. The van der Waals surface area contributed by atoms with Crippen LogP contribution in [-0.4, -0.2) is 40.8 Å². The van der Waals surface area contributed by atoms with Crippen LogP contribution >= 0.6 is 24.0 Å². The van der Waals surface area contributed by atoms with Crippen molar-refractivity contribution in [2.75, 3.05) is 26.4 Å². The molecule has 164 valence electrons. The van der Waals surface area contributed by atoms with E-state index < -0.39 is 9.84 Å². The lowest BCUT2D eigenvalue weighted by atomic mass is 9.79. The van der Waals surface area contributed by atoms with Gasteiger partial charge in [0.05, 0.1) is 4.90 Å². The number of halogens is 1. The Morgan fingerprint density at radius 2 is 1.63 bits per heavy atom. The number of hydrogen-bond donors (Lipinski definition) is 2. The second kappa shape index (κ2) is 11.1. The fourth-order valence-corrected chi connectivity index (χ4v) is 4.74. The number of hydrogen-bond acceptors (Lipinski definition) is 3. The van der Waals surface area contributed by atoms with Crippen molar-refractivity contribution < 1.29 is 8.42 Å². The summed E-state index contributed by atoms with van der Waals surface area (Å²) in [6.45, 7) is 1.61. The van der Waals surface area contributed by atoms with E-state index in [1.807, 2.05) is 12.1 Å². The van der Waals surface area contributed by atoms with Gasteiger partial charge in [0.2, 0.25) is 0 Å². The quantitative estimate of drug-likeness (QED) is 0.317. The van der Waals surface area contributed by atoms with Gasteiger partial charge in [-0.25, -0.2) is 8.42 Å². The number of aliphatic imine (C=N–C) groups is 1. The van der Waals surface area contributed by atoms with Crippen molar-refractivity contribution in [3.05, 3.63) is 65.7 Å². The first-order valence-corrected chi connectivity index (χ1v) is 12.1. The lowest BCUT2D eigenvalue weighted by Crippen LogP contribution is -2.45. The first kappa shape index (κ1) is 24.7. The highest BCUT2D eigenvalue weighted by molar-refractivity contribution is 14.0. The van der Waals surface area contributed by atoms with Crippen LogP contribution in [0.25, 0.3) is 0 Å². The lowest BCUT2D eigenvalue weighted by Gasteiger charge is -2.30. The summed E-state index contributed by atoms with van der Waals surface area (Å²) < 4.78 is 23.1. The Morgan fingerprint density at radius 1 is 1.00 bits per heavy atom. The molecule has 0 aromatic heterocycles. The molecule has 2 aromatic rings. The normalized spacial score (nSPS) is 16.0. The number of rotatable bonds is 7. The summed E-state index contributed by atoms with van der Waals surface area (Å²) in [5.74, 6) is 0.806. The number of benzene rings is 2. The van der Waals surface area contributed by atoms with Gasteiger partial charge in [0.1, 0.15) is 0 Å². The van der Waals surface area contributed by atoms with Gasteiger partial charge in [-0.15, -0.1) is 24.0 Å². The summed E-state index contributed by atoms with van der Waals surface area (Å²) in [6.07, 6.45) is 6.97. The van der Waals surface area contributed by atoms with Crippen LogP contribution < -0.4 is 10.6 Å². The maximum Gasteiger partial charge on any atom is 0.191 e. The third-order valence-electron chi connectivity index (χ3n) is 5.82. The second-order valence-corrected chi connectivity index (χ2v) is 9.89. The summed E-state index contributed by atoms with van der Waals surface area (Å²) in [6, 6.07) is 17.9. The molecule has 5 nitrogen and oxygen atoms in total. The Labute approximate surface area is 197 Å². The van der Waals surface area contributed by atoms with E-state index >= 15 is 0 Å². The van der Waals surface area contributed by atoms with Crippen molar-refractivity contribution in [1.29, 1.82) is 0 Å². The Balaban J connectivity index is 0.00000320. The first-order valence-electron chi connectivity index (χ1n) is 10.2. The molecule has 3 rings (SSSR count). The zero-order chi connectivity index (χ0) is 20.7. The third kappa shape index (κ3) is 6.44. The van der Waals surface area contributed by atoms with Crippen LogP contribution in [0.1, 0.15) is 36.8 Å². The smallest absolute Gasteiger partial charge is 0.191 e. The van der Waals surface area contributed by atoms with Gasteiger partial charge in [-0.3, -0.25) is 4.99 Å². The predicted molar refractivity (Wildman–Crippen MR) is 135 cm³/mol. The van der Waals surface area contributed by atoms with Gasteiger partial charge in [-0.1, -0.05) is 55.3 Å².